The maximum absolute atomic E-state index is 11.9. The number of aryl methyl sites for hydroxylation is 2. The van der Waals surface area contributed by atoms with Crippen LogP contribution >= 0.6 is 0 Å². The molecule has 2 rings (SSSR count). The van der Waals surface area contributed by atoms with E-state index in [1.54, 1.807) is 24.7 Å². The van der Waals surface area contributed by atoms with Crippen LogP contribution in [0.2, 0.25) is 0 Å². The number of rotatable bonds is 6. The highest BCUT2D eigenvalue weighted by Gasteiger charge is 2.25. The summed E-state index contributed by atoms with van der Waals surface area (Å²) < 4.78 is 7.24. The van der Waals surface area contributed by atoms with Crippen molar-refractivity contribution in [1.82, 2.24) is 30.0 Å². The Kier molecular flexibility index (Phi) is 5.12. The molecule has 8 heteroatoms. The quantitative estimate of drug-likeness (QED) is 0.756. The number of hydrogen-bond acceptors (Lipinski definition) is 6. The summed E-state index contributed by atoms with van der Waals surface area (Å²) in [5.74, 6) is 0.0189. The second-order valence-corrected chi connectivity index (χ2v) is 6.16. The molecule has 23 heavy (non-hydrogen) atoms. The van der Waals surface area contributed by atoms with Crippen molar-refractivity contribution in [3.05, 3.63) is 11.8 Å². The second kappa shape index (κ2) is 6.89. The molecule has 0 bridgehead atoms. The molecule has 2 aromatic heterocycles. The monoisotopic (exact) mass is 320 g/mol. The average molecular weight is 320 g/mol. The highest BCUT2D eigenvalue weighted by Crippen LogP contribution is 2.23. The Balaban J connectivity index is 2.32. The fraction of sp³-hybridized carbons (Fsp3) is 0.667. The standard InChI is InChI=1S/C15H24N6O2/c1-7-11-8-16-20(6)12(11)13-17-19-21(18-13)14(9(2)3)23-15(22)10(4)5/h8-10,14H,7H2,1-6H3. The van der Waals surface area contributed by atoms with Crippen molar-refractivity contribution in [3.8, 4) is 11.5 Å². The third kappa shape index (κ3) is 3.57. The molecule has 126 valence electrons. The van der Waals surface area contributed by atoms with Crippen LogP contribution in [0.4, 0.5) is 0 Å². The molecule has 0 spiro atoms. The van der Waals surface area contributed by atoms with Gasteiger partial charge in [-0.05, 0) is 11.6 Å². The lowest BCUT2D eigenvalue weighted by Crippen LogP contribution is -2.26. The molecule has 1 atom stereocenters. The van der Waals surface area contributed by atoms with Gasteiger partial charge in [0, 0.05) is 18.5 Å². The molecule has 0 aromatic carbocycles. The zero-order chi connectivity index (χ0) is 17.1. The topological polar surface area (TPSA) is 87.7 Å². The Morgan fingerprint density at radius 1 is 1.30 bits per heavy atom. The summed E-state index contributed by atoms with van der Waals surface area (Å²) in [5, 5.41) is 16.8. The third-order valence-electron chi connectivity index (χ3n) is 3.54. The van der Waals surface area contributed by atoms with Crippen molar-refractivity contribution in [2.75, 3.05) is 0 Å². The smallest absolute Gasteiger partial charge is 0.310 e. The third-order valence-corrected chi connectivity index (χ3v) is 3.54. The fourth-order valence-corrected chi connectivity index (χ4v) is 2.16. The fourth-order valence-electron chi connectivity index (χ4n) is 2.16. The number of esters is 1. The molecule has 0 saturated carbocycles. The zero-order valence-electron chi connectivity index (χ0n) is 14.5. The predicted molar refractivity (Wildman–Crippen MR) is 84.2 cm³/mol. The van der Waals surface area contributed by atoms with Crippen LogP contribution < -0.4 is 0 Å². The summed E-state index contributed by atoms with van der Waals surface area (Å²) in [6.07, 6.45) is 2.05. The summed E-state index contributed by atoms with van der Waals surface area (Å²) >= 11 is 0. The van der Waals surface area contributed by atoms with E-state index in [-0.39, 0.29) is 17.8 Å². The van der Waals surface area contributed by atoms with E-state index in [0.717, 1.165) is 17.7 Å². The van der Waals surface area contributed by atoms with E-state index in [1.165, 1.54) is 4.80 Å². The number of carbonyl (C=O) groups excluding carboxylic acids is 1. The molecule has 0 aliphatic rings. The molecule has 0 N–H and O–H groups in total. The number of tetrazole rings is 1. The Morgan fingerprint density at radius 3 is 2.57 bits per heavy atom. The van der Waals surface area contributed by atoms with Crippen LogP contribution in [0.25, 0.3) is 11.5 Å². The van der Waals surface area contributed by atoms with Crippen molar-refractivity contribution in [1.29, 1.82) is 0 Å². The summed E-state index contributed by atoms with van der Waals surface area (Å²) in [5.41, 5.74) is 1.88. The Hall–Kier alpha value is -2.25. The van der Waals surface area contributed by atoms with Gasteiger partial charge in [-0.2, -0.15) is 5.10 Å². The normalized spacial score (nSPS) is 12.9. The maximum Gasteiger partial charge on any atom is 0.310 e. The van der Waals surface area contributed by atoms with Gasteiger partial charge < -0.3 is 4.74 Å². The minimum absolute atomic E-state index is 0.0249. The highest BCUT2D eigenvalue weighted by molar-refractivity contribution is 5.71. The van der Waals surface area contributed by atoms with Crippen LogP contribution in [0.1, 0.15) is 46.4 Å². The number of aromatic nitrogens is 6. The molecule has 8 nitrogen and oxygen atoms in total. The first-order valence-corrected chi connectivity index (χ1v) is 7.86. The van der Waals surface area contributed by atoms with E-state index < -0.39 is 6.23 Å². The lowest BCUT2D eigenvalue weighted by molar-refractivity contribution is -0.163. The van der Waals surface area contributed by atoms with Gasteiger partial charge in [-0.1, -0.05) is 34.6 Å². The minimum Gasteiger partial charge on any atom is -0.437 e. The first kappa shape index (κ1) is 17.1. The predicted octanol–water partition coefficient (Wildman–Crippen LogP) is 1.99. The minimum atomic E-state index is -0.579. The van der Waals surface area contributed by atoms with E-state index >= 15 is 0 Å². The van der Waals surface area contributed by atoms with Crippen molar-refractivity contribution in [2.24, 2.45) is 18.9 Å². The summed E-state index contributed by atoms with van der Waals surface area (Å²) in [6.45, 7) is 9.53. The molecule has 0 aliphatic heterocycles. The molecule has 0 amide bonds. The molecule has 0 fully saturated rings. The first-order chi connectivity index (χ1) is 10.8. The lowest BCUT2D eigenvalue weighted by Gasteiger charge is -2.20. The number of nitrogens with zero attached hydrogens (tertiary/aromatic N) is 6. The molecule has 0 radical (unpaired) electrons. The van der Waals surface area contributed by atoms with E-state index in [1.807, 2.05) is 27.8 Å². The molecular weight excluding hydrogens is 296 g/mol. The Labute approximate surface area is 135 Å². The van der Waals surface area contributed by atoms with Crippen molar-refractivity contribution in [2.45, 2.75) is 47.3 Å². The number of carbonyl (C=O) groups is 1. The SMILES string of the molecule is CCc1cnn(C)c1-c1nnn(C(OC(=O)C(C)C)C(C)C)n1. The molecule has 0 aliphatic carbocycles. The van der Waals surface area contributed by atoms with Crippen LogP contribution in [-0.2, 0) is 23.0 Å². The van der Waals surface area contributed by atoms with Gasteiger partial charge in [-0.3, -0.25) is 9.48 Å². The van der Waals surface area contributed by atoms with E-state index in [9.17, 15) is 4.79 Å². The van der Waals surface area contributed by atoms with Gasteiger partial charge in [0.05, 0.1) is 12.1 Å². The van der Waals surface area contributed by atoms with Crippen molar-refractivity contribution in [3.63, 3.8) is 0 Å². The van der Waals surface area contributed by atoms with Crippen LogP contribution in [0.15, 0.2) is 6.20 Å². The van der Waals surface area contributed by atoms with Crippen LogP contribution in [0.5, 0.6) is 0 Å². The first-order valence-electron chi connectivity index (χ1n) is 7.86. The number of hydrogen-bond donors (Lipinski definition) is 0. The molecular formula is C15H24N6O2. The van der Waals surface area contributed by atoms with Gasteiger partial charge in [0.1, 0.15) is 5.69 Å². The largest absolute Gasteiger partial charge is 0.437 e. The van der Waals surface area contributed by atoms with Crippen LogP contribution in [0, 0.1) is 11.8 Å². The molecule has 2 heterocycles. The lowest BCUT2D eigenvalue weighted by atomic mass is 10.2. The molecule has 1 unspecified atom stereocenters. The Bertz CT molecular complexity index is 673. The summed E-state index contributed by atoms with van der Waals surface area (Å²) in [4.78, 5) is 13.3. The van der Waals surface area contributed by atoms with Crippen molar-refractivity contribution >= 4 is 5.97 Å². The van der Waals surface area contributed by atoms with Crippen LogP contribution in [0.3, 0.4) is 0 Å². The second-order valence-electron chi connectivity index (χ2n) is 6.16. The van der Waals surface area contributed by atoms with Gasteiger partial charge in [0.25, 0.3) is 0 Å². The highest BCUT2D eigenvalue weighted by atomic mass is 16.6. The van der Waals surface area contributed by atoms with Gasteiger partial charge in [0.15, 0.2) is 0 Å². The van der Waals surface area contributed by atoms with Gasteiger partial charge in [-0.15, -0.1) is 15.0 Å². The zero-order valence-corrected chi connectivity index (χ0v) is 14.5. The van der Waals surface area contributed by atoms with E-state index in [4.69, 9.17) is 4.74 Å². The molecule has 2 aromatic rings. The van der Waals surface area contributed by atoms with Gasteiger partial charge in [-0.25, -0.2) is 0 Å². The Morgan fingerprint density at radius 2 is 2.00 bits per heavy atom. The number of ether oxygens (including phenoxy) is 1. The van der Waals surface area contributed by atoms with Crippen LogP contribution in [-0.4, -0.2) is 36.0 Å². The van der Waals surface area contributed by atoms with E-state index in [0.29, 0.717) is 5.82 Å². The van der Waals surface area contributed by atoms with E-state index in [2.05, 4.69) is 20.5 Å². The summed E-state index contributed by atoms with van der Waals surface area (Å²) in [6, 6.07) is 0. The summed E-state index contributed by atoms with van der Waals surface area (Å²) in [7, 11) is 1.84. The van der Waals surface area contributed by atoms with Gasteiger partial charge in [0.2, 0.25) is 12.1 Å². The average Bonchev–Trinajstić information content (AvgIpc) is 3.09. The maximum atomic E-state index is 11.9. The van der Waals surface area contributed by atoms with Gasteiger partial charge >= 0.3 is 5.97 Å². The molecule has 0 saturated heterocycles. The van der Waals surface area contributed by atoms with Crippen molar-refractivity contribution < 1.29 is 9.53 Å².